The molecule has 9 nitrogen and oxygen atoms in total. The normalized spacial score (nSPS) is 14.5. The minimum absolute atomic E-state index is 0.0227. The number of nitrogens with zero attached hydrogens (tertiary/aromatic N) is 1. The average Bonchev–Trinajstić information content (AvgIpc) is 3.27. The van der Waals surface area contributed by atoms with E-state index in [1.807, 2.05) is 21.1 Å². The number of hydrogen-bond donors (Lipinski definition) is 1. The lowest BCUT2D eigenvalue weighted by Crippen LogP contribution is -2.37. The van der Waals surface area contributed by atoms with Crippen molar-refractivity contribution in [3.63, 3.8) is 0 Å². The summed E-state index contributed by atoms with van der Waals surface area (Å²) in [5.41, 5.74) is 0. The highest BCUT2D eigenvalue weighted by molar-refractivity contribution is 7.47. The molecule has 1 N–H and O–H groups in total. The molecule has 2 unspecified atom stereocenters. The second kappa shape index (κ2) is 46.5. The highest BCUT2D eigenvalue weighted by Gasteiger charge is 2.27. The Kier molecular flexibility index (Phi) is 44.0. The van der Waals surface area contributed by atoms with Crippen LogP contribution >= 0.6 is 7.82 Å². The summed E-state index contributed by atoms with van der Waals surface area (Å²) in [5, 5.41) is 0. The molecule has 0 spiro atoms. The van der Waals surface area contributed by atoms with E-state index < -0.39 is 32.5 Å². The van der Waals surface area contributed by atoms with E-state index in [2.05, 4.69) is 135 Å². The zero-order valence-electron chi connectivity index (χ0n) is 42.1. The summed E-state index contributed by atoms with van der Waals surface area (Å²) in [7, 11) is 1.45. The van der Waals surface area contributed by atoms with E-state index in [0.29, 0.717) is 17.4 Å². The number of rotatable bonds is 44. The number of esters is 2. The Morgan fingerprint density at radius 2 is 0.864 bits per heavy atom. The summed E-state index contributed by atoms with van der Waals surface area (Å²) in [5.74, 6) is -0.841. The van der Waals surface area contributed by atoms with E-state index in [-0.39, 0.29) is 26.1 Å². The largest absolute Gasteiger partial charge is 0.472 e. The minimum atomic E-state index is -4.38. The summed E-state index contributed by atoms with van der Waals surface area (Å²) in [4.78, 5) is 35.1. The summed E-state index contributed by atoms with van der Waals surface area (Å²) in [6, 6.07) is 0. The molecule has 374 valence electrons. The van der Waals surface area contributed by atoms with Crippen molar-refractivity contribution in [2.75, 3.05) is 47.5 Å². The van der Waals surface area contributed by atoms with Crippen molar-refractivity contribution in [3.05, 3.63) is 122 Å². The van der Waals surface area contributed by atoms with Crippen molar-refractivity contribution in [1.82, 2.24) is 0 Å². The van der Waals surface area contributed by atoms with Gasteiger partial charge in [0.2, 0.25) is 0 Å². The van der Waals surface area contributed by atoms with Crippen LogP contribution < -0.4 is 0 Å². The van der Waals surface area contributed by atoms with Gasteiger partial charge in [0.05, 0.1) is 27.7 Å². The lowest BCUT2D eigenvalue weighted by Gasteiger charge is -2.24. The number of hydrogen-bond acceptors (Lipinski definition) is 7. The number of ether oxygens (including phenoxy) is 2. The van der Waals surface area contributed by atoms with Gasteiger partial charge in [-0.05, 0) is 89.9 Å². The van der Waals surface area contributed by atoms with Crippen LogP contribution in [0.2, 0.25) is 0 Å². The number of carbonyl (C=O) groups excluding carboxylic acids is 2. The van der Waals surface area contributed by atoms with Crippen LogP contribution in [0.4, 0.5) is 0 Å². The van der Waals surface area contributed by atoms with Gasteiger partial charge < -0.3 is 18.9 Å². The lowest BCUT2D eigenvalue weighted by atomic mass is 10.1. The standard InChI is InChI=1S/C56H92NO8P/c1-6-8-10-12-13-14-15-16-17-18-19-20-21-22-23-24-25-26-27-28-29-30-31-32-33-34-35-36-37-38-39-40-41-42-43-45-47-49-56(59)65-54(52-62-55(58)48-46-44-11-9-7-2)53-64-66(60,61)63-51-50-57(3,4)5/h8,10,13-14,16-17,19-20,22-23,25-26,28-29,31-32,34-35,37-38,54H,6-7,9,11-12,15,18,21,24,27,30,33,36,39-53H2,1-5H3/p+1/b10-8-,14-13-,17-16-,20-19-,23-22-,26-25-,29-28-,32-31-,35-34-,38-37-. The number of likely N-dealkylation sites (N-methyl/N-ethyl adjacent to an activating group) is 1. The zero-order chi connectivity index (χ0) is 48.5. The van der Waals surface area contributed by atoms with Crippen LogP contribution in [0.1, 0.15) is 168 Å². The Balaban J connectivity index is 4.06. The maximum atomic E-state index is 12.7. The van der Waals surface area contributed by atoms with Crippen molar-refractivity contribution in [1.29, 1.82) is 0 Å². The molecular formula is C56H93NO8P+. The summed E-state index contributed by atoms with van der Waals surface area (Å²) in [6.07, 6.45) is 66.0. The van der Waals surface area contributed by atoms with Gasteiger partial charge in [0.25, 0.3) is 0 Å². The fourth-order valence-corrected chi connectivity index (χ4v) is 6.84. The van der Waals surface area contributed by atoms with E-state index in [1.165, 1.54) is 0 Å². The molecular weight excluding hydrogens is 846 g/mol. The summed E-state index contributed by atoms with van der Waals surface area (Å²) >= 11 is 0. The van der Waals surface area contributed by atoms with Crippen LogP contribution in [0.5, 0.6) is 0 Å². The predicted molar refractivity (Wildman–Crippen MR) is 279 cm³/mol. The van der Waals surface area contributed by atoms with E-state index in [9.17, 15) is 19.0 Å². The highest BCUT2D eigenvalue weighted by atomic mass is 31.2. The SMILES string of the molecule is CC/C=C\C/C=C\C/C=C\C/C=C\C/C=C\C/C=C\C/C=C\C/C=C\C/C=C\C/C=C\CCCCCCCCC(=O)OC(COC(=O)CCCCCCC)COP(=O)(O)OCC[N+](C)(C)C. The van der Waals surface area contributed by atoms with Crippen molar-refractivity contribution in [2.24, 2.45) is 0 Å². The third kappa shape index (κ3) is 49.8. The number of unbranched alkanes of at least 4 members (excludes halogenated alkanes) is 10. The first-order valence-corrected chi connectivity index (χ1v) is 26.8. The molecule has 0 aliphatic carbocycles. The smallest absolute Gasteiger partial charge is 0.462 e. The van der Waals surface area contributed by atoms with E-state index >= 15 is 0 Å². The third-order valence-corrected chi connectivity index (χ3v) is 11.0. The molecule has 0 bridgehead atoms. The second-order valence-corrected chi connectivity index (χ2v) is 18.9. The lowest BCUT2D eigenvalue weighted by molar-refractivity contribution is -0.870. The highest BCUT2D eigenvalue weighted by Crippen LogP contribution is 2.43. The van der Waals surface area contributed by atoms with Gasteiger partial charge >= 0.3 is 19.8 Å². The first-order chi connectivity index (χ1) is 32.0. The van der Waals surface area contributed by atoms with Crippen molar-refractivity contribution in [2.45, 2.75) is 174 Å². The monoisotopic (exact) mass is 939 g/mol. The van der Waals surface area contributed by atoms with Crippen LogP contribution in [0.15, 0.2) is 122 Å². The maximum absolute atomic E-state index is 12.7. The molecule has 0 saturated carbocycles. The Morgan fingerprint density at radius 1 is 0.485 bits per heavy atom. The second-order valence-electron chi connectivity index (χ2n) is 17.5. The van der Waals surface area contributed by atoms with Crippen LogP contribution in [0.3, 0.4) is 0 Å². The van der Waals surface area contributed by atoms with E-state index in [0.717, 1.165) is 135 Å². The molecule has 0 amide bonds. The fourth-order valence-electron chi connectivity index (χ4n) is 6.10. The van der Waals surface area contributed by atoms with E-state index in [1.54, 1.807) is 0 Å². The van der Waals surface area contributed by atoms with Gasteiger partial charge in [-0.25, -0.2) is 4.57 Å². The van der Waals surface area contributed by atoms with Crippen LogP contribution in [0.25, 0.3) is 0 Å². The first kappa shape index (κ1) is 62.4. The Hall–Kier alpha value is -3.59. The fraction of sp³-hybridized carbons (Fsp3) is 0.607. The summed E-state index contributed by atoms with van der Waals surface area (Å²) in [6.45, 7) is 4.16. The van der Waals surface area contributed by atoms with Crippen molar-refractivity contribution >= 4 is 19.8 Å². The van der Waals surface area contributed by atoms with Gasteiger partial charge in [-0.3, -0.25) is 18.6 Å². The molecule has 0 aliphatic rings. The number of phosphoric acid groups is 1. The van der Waals surface area contributed by atoms with Crippen molar-refractivity contribution in [3.8, 4) is 0 Å². The third-order valence-electron chi connectivity index (χ3n) is 10.0. The van der Waals surface area contributed by atoms with Crippen LogP contribution in [-0.4, -0.2) is 74.9 Å². The number of phosphoric ester groups is 1. The average molecular weight is 939 g/mol. The molecule has 0 saturated heterocycles. The predicted octanol–water partition coefficient (Wildman–Crippen LogP) is 15.2. The number of carbonyl (C=O) groups is 2. The molecule has 66 heavy (non-hydrogen) atoms. The maximum Gasteiger partial charge on any atom is 0.472 e. The zero-order valence-corrected chi connectivity index (χ0v) is 43.0. The topological polar surface area (TPSA) is 108 Å². The van der Waals surface area contributed by atoms with Gasteiger partial charge in [-0.15, -0.1) is 0 Å². The van der Waals surface area contributed by atoms with Gasteiger partial charge in [-0.2, -0.15) is 0 Å². The van der Waals surface area contributed by atoms with Crippen LogP contribution in [-0.2, 0) is 32.7 Å². The quantitative estimate of drug-likeness (QED) is 0.0212. The molecule has 2 atom stereocenters. The van der Waals surface area contributed by atoms with Crippen molar-refractivity contribution < 1.29 is 42.1 Å². The Morgan fingerprint density at radius 3 is 1.29 bits per heavy atom. The molecule has 0 aromatic carbocycles. The van der Waals surface area contributed by atoms with Gasteiger partial charge in [0.1, 0.15) is 19.8 Å². The molecule has 0 aliphatic heterocycles. The van der Waals surface area contributed by atoms with Gasteiger partial charge in [-0.1, -0.05) is 187 Å². The molecule has 0 rings (SSSR count). The molecule has 0 heterocycles. The molecule has 0 radical (unpaired) electrons. The molecule has 0 fully saturated rings. The van der Waals surface area contributed by atoms with Crippen LogP contribution in [0, 0.1) is 0 Å². The Bertz CT molecular complexity index is 1530. The van der Waals surface area contributed by atoms with Gasteiger partial charge in [0.15, 0.2) is 6.10 Å². The minimum Gasteiger partial charge on any atom is -0.462 e. The molecule has 0 aromatic rings. The molecule has 10 heteroatoms. The number of allylic oxidation sites excluding steroid dienone is 20. The Labute approximate surface area is 403 Å². The summed E-state index contributed by atoms with van der Waals surface area (Å²) < 4.78 is 34.1. The molecule has 0 aromatic heterocycles. The van der Waals surface area contributed by atoms with E-state index in [4.69, 9.17) is 18.5 Å². The number of quaternary nitrogens is 1. The van der Waals surface area contributed by atoms with Gasteiger partial charge in [0, 0.05) is 12.8 Å². The first-order valence-electron chi connectivity index (χ1n) is 25.3.